The molecule has 0 spiro atoms. The zero-order valence-electron chi connectivity index (χ0n) is 17.1. The van der Waals surface area contributed by atoms with Gasteiger partial charge in [0.2, 0.25) is 0 Å². The summed E-state index contributed by atoms with van der Waals surface area (Å²) in [5, 5.41) is 21.5. The van der Waals surface area contributed by atoms with E-state index >= 15 is 0 Å². The Morgan fingerprint density at radius 2 is 1.65 bits per heavy atom. The minimum Gasteiger partial charge on any atom is -0.507 e. The number of carboxylic acids is 1. The number of hydrogen-bond acceptors (Lipinski definition) is 4. The maximum atomic E-state index is 12.9. The van der Waals surface area contributed by atoms with E-state index in [1.807, 2.05) is 0 Å². The van der Waals surface area contributed by atoms with Gasteiger partial charge in [0.25, 0.3) is 5.91 Å². The quantitative estimate of drug-likeness (QED) is 0.296. The van der Waals surface area contributed by atoms with Crippen molar-refractivity contribution in [3.63, 3.8) is 0 Å². The van der Waals surface area contributed by atoms with E-state index in [1.54, 1.807) is 12.1 Å². The largest absolute Gasteiger partial charge is 0.507 e. The van der Waals surface area contributed by atoms with Crippen molar-refractivity contribution in [2.75, 3.05) is 0 Å². The van der Waals surface area contributed by atoms with Crippen LogP contribution in [-0.4, -0.2) is 22.1 Å². The summed E-state index contributed by atoms with van der Waals surface area (Å²) in [5.74, 6) is -1.55. The molecule has 0 atom stereocenters. The minimum atomic E-state index is -4.50. The number of aromatic hydroxyl groups is 1. The van der Waals surface area contributed by atoms with Gasteiger partial charge in [-0.05, 0) is 85.5 Å². The number of aliphatic carboxylic acids is 1. The molecule has 0 radical (unpaired) electrons. The molecule has 178 valence electrons. The fraction of sp³-hybridized carbons (Fsp3) is 0.130. The van der Waals surface area contributed by atoms with Gasteiger partial charge in [-0.1, -0.05) is 12.1 Å². The molecule has 0 aliphatic rings. The van der Waals surface area contributed by atoms with Crippen LogP contribution in [0, 0.1) is 0 Å². The van der Waals surface area contributed by atoms with E-state index in [-0.39, 0.29) is 35.6 Å². The number of nitrogens with one attached hydrogen (secondary N) is 1. The van der Waals surface area contributed by atoms with Gasteiger partial charge in [-0.3, -0.25) is 9.59 Å². The predicted octanol–water partition coefficient (Wildman–Crippen LogP) is 6.29. The monoisotopic (exact) mass is 601 g/mol. The summed E-state index contributed by atoms with van der Waals surface area (Å²) < 4.78 is 45.4. The second-order valence-corrected chi connectivity index (χ2v) is 8.83. The summed E-state index contributed by atoms with van der Waals surface area (Å²) in [7, 11) is 0. The van der Waals surface area contributed by atoms with E-state index in [0.29, 0.717) is 20.3 Å². The van der Waals surface area contributed by atoms with Crippen molar-refractivity contribution in [2.24, 2.45) is 0 Å². The summed E-state index contributed by atoms with van der Waals surface area (Å²) in [5.41, 5.74) is -0.203. The van der Waals surface area contributed by atoms with E-state index in [2.05, 4.69) is 37.2 Å². The molecule has 3 aromatic carbocycles. The molecule has 0 aromatic heterocycles. The molecular weight excluding hydrogens is 587 g/mol. The van der Waals surface area contributed by atoms with Crippen molar-refractivity contribution in [1.29, 1.82) is 0 Å². The summed E-state index contributed by atoms with van der Waals surface area (Å²) in [6.07, 6.45) is -4.69. The molecule has 34 heavy (non-hydrogen) atoms. The summed E-state index contributed by atoms with van der Waals surface area (Å²) in [6, 6.07) is 11.7. The first-order valence-electron chi connectivity index (χ1n) is 9.59. The Kier molecular flexibility index (Phi) is 7.88. The standard InChI is InChI=1S/C23H16Br2F3NO5/c24-17-7-13(9-20(31)32)8-18(25)21(17)34-15-4-5-19(30)16(10-15)22(33)29-11-12-2-1-3-14(6-12)23(26,27)28/h1-8,10,30H,9,11H2,(H,29,33)(H,31,32). The highest BCUT2D eigenvalue weighted by molar-refractivity contribution is 9.11. The number of halogens is 5. The van der Waals surface area contributed by atoms with Gasteiger partial charge in [0.1, 0.15) is 11.5 Å². The molecular formula is C23H16Br2F3NO5. The lowest BCUT2D eigenvalue weighted by Crippen LogP contribution is -2.23. The molecule has 0 aliphatic heterocycles. The van der Waals surface area contributed by atoms with Crippen LogP contribution in [-0.2, 0) is 23.9 Å². The minimum absolute atomic E-state index is 0.140. The first-order chi connectivity index (χ1) is 15.9. The fourth-order valence-electron chi connectivity index (χ4n) is 3.00. The van der Waals surface area contributed by atoms with Crippen LogP contribution in [0.4, 0.5) is 13.2 Å². The predicted molar refractivity (Wildman–Crippen MR) is 124 cm³/mol. The number of rotatable bonds is 7. The van der Waals surface area contributed by atoms with Crippen LogP contribution in [0.15, 0.2) is 63.5 Å². The van der Waals surface area contributed by atoms with Gasteiger partial charge in [0, 0.05) is 6.54 Å². The summed E-state index contributed by atoms with van der Waals surface area (Å²) >= 11 is 6.64. The van der Waals surface area contributed by atoms with Crippen molar-refractivity contribution >= 4 is 43.7 Å². The molecule has 0 bridgehead atoms. The third kappa shape index (κ3) is 6.51. The van der Waals surface area contributed by atoms with Gasteiger partial charge in [-0.15, -0.1) is 0 Å². The Morgan fingerprint density at radius 3 is 2.26 bits per heavy atom. The normalized spacial score (nSPS) is 11.2. The Bertz CT molecular complexity index is 1220. The maximum absolute atomic E-state index is 12.9. The Hall–Kier alpha value is -3.05. The number of carbonyl (C=O) groups excluding carboxylic acids is 1. The lowest BCUT2D eigenvalue weighted by Gasteiger charge is -2.14. The van der Waals surface area contributed by atoms with E-state index < -0.39 is 23.6 Å². The number of phenolic OH excluding ortho intramolecular Hbond substituents is 1. The molecule has 0 unspecified atom stereocenters. The van der Waals surface area contributed by atoms with Crippen LogP contribution in [0.5, 0.6) is 17.2 Å². The first kappa shape index (κ1) is 25.6. The van der Waals surface area contributed by atoms with Gasteiger partial charge in [0.05, 0.1) is 26.5 Å². The highest BCUT2D eigenvalue weighted by Crippen LogP contribution is 2.39. The van der Waals surface area contributed by atoms with Gasteiger partial charge in [-0.2, -0.15) is 13.2 Å². The van der Waals surface area contributed by atoms with Crippen LogP contribution in [0.1, 0.15) is 27.0 Å². The SMILES string of the molecule is O=C(O)Cc1cc(Br)c(Oc2ccc(O)c(C(=O)NCc3cccc(C(F)(F)F)c3)c2)c(Br)c1. The van der Waals surface area contributed by atoms with E-state index in [9.17, 15) is 27.9 Å². The molecule has 0 heterocycles. The summed E-state index contributed by atoms with van der Waals surface area (Å²) in [6.45, 7) is -0.185. The van der Waals surface area contributed by atoms with E-state index in [1.165, 1.54) is 30.3 Å². The van der Waals surface area contributed by atoms with E-state index in [0.717, 1.165) is 12.1 Å². The highest BCUT2D eigenvalue weighted by Gasteiger charge is 2.30. The molecule has 6 nitrogen and oxygen atoms in total. The molecule has 3 N–H and O–H groups in total. The molecule has 0 aliphatic carbocycles. The van der Waals surface area contributed by atoms with Crippen molar-refractivity contribution in [1.82, 2.24) is 5.32 Å². The van der Waals surface area contributed by atoms with Crippen molar-refractivity contribution < 1.29 is 37.7 Å². The van der Waals surface area contributed by atoms with Crippen LogP contribution >= 0.6 is 31.9 Å². The van der Waals surface area contributed by atoms with Crippen LogP contribution in [0.2, 0.25) is 0 Å². The first-order valence-corrected chi connectivity index (χ1v) is 11.2. The number of hydrogen-bond donors (Lipinski definition) is 3. The van der Waals surface area contributed by atoms with Crippen LogP contribution < -0.4 is 10.1 Å². The zero-order valence-corrected chi connectivity index (χ0v) is 20.3. The zero-order chi connectivity index (χ0) is 25.0. The number of carbonyl (C=O) groups is 2. The molecule has 11 heteroatoms. The lowest BCUT2D eigenvalue weighted by atomic mass is 10.1. The Labute approximate surface area is 208 Å². The maximum Gasteiger partial charge on any atom is 0.416 e. The number of alkyl halides is 3. The number of phenols is 1. The molecule has 0 saturated carbocycles. The van der Waals surface area contributed by atoms with E-state index in [4.69, 9.17) is 9.84 Å². The van der Waals surface area contributed by atoms with Crippen LogP contribution in [0.25, 0.3) is 0 Å². The molecule has 0 saturated heterocycles. The van der Waals surface area contributed by atoms with Crippen molar-refractivity contribution in [2.45, 2.75) is 19.1 Å². The average Bonchev–Trinajstić information content (AvgIpc) is 2.75. The van der Waals surface area contributed by atoms with Gasteiger partial charge in [-0.25, -0.2) is 0 Å². The van der Waals surface area contributed by atoms with Crippen molar-refractivity contribution in [3.8, 4) is 17.2 Å². The lowest BCUT2D eigenvalue weighted by molar-refractivity contribution is -0.138. The number of carboxylic acid groups (broad SMARTS) is 1. The second kappa shape index (κ2) is 10.5. The molecule has 1 amide bonds. The summed E-state index contributed by atoms with van der Waals surface area (Å²) in [4.78, 5) is 23.5. The smallest absolute Gasteiger partial charge is 0.416 e. The highest BCUT2D eigenvalue weighted by atomic mass is 79.9. The topological polar surface area (TPSA) is 95.9 Å². The fourth-order valence-corrected chi connectivity index (χ4v) is 4.44. The Morgan fingerprint density at radius 1 is 0.971 bits per heavy atom. The third-order valence-electron chi connectivity index (χ3n) is 4.55. The third-order valence-corrected chi connectivity index (χ3v) is 5.73. The second-order valence-electron chi connectivity index (χ2n) is 7.12. The Balaban J connectivity index is 1.76. The average molecular weight is 603 g/mol. The molecule has 3 rings (SSSR count). The van der Waals surface area contributed by atoms with Crippen LogP contribution in [0.3, 0.4) is 0 Å². The van der Waals surface area contributed by atoms with Crippen molar-refractivity contribution in [3.05, 3.63) is 85.8 Å². The molecule has 0 fully saturated rings. The van der Waals surface area contributed by atoms with Gasteiger partial charge >= 0.3 is 12.1 Å². The number of amides is 1. The molecule has 3 aromatic rings. The number of ether oxygens (including phenoxy) is 1. The number of benzene rings is 3. The van der Waals surface area contributed by atoms with Gasteiger partial charge < -0.3 is 20.3 Å². The van der Waals surface area contributed by atoms with Gasteiger partial charge in [0.15, 0.2) is 5.75 Å².